The Bertz CT molecular complexity index is 679. The fourth-order valence-corrected chi connectivity index (χ4v) is 1.82. The average Bonchev–Trinajstić information content (AvgIpc) is 2.37. The Morgan fingerprint density at radius 2 is 1.44 bits per heavy atom. The summed E-state index contributed by atoms with van der Waals surface area (Å²) in [5.41, 5.74) is 0.0926. The van der Waals surface area contributed by atoms with Crippen LogP contribution < -0.4 is 10.6 Å². The average molecular weight is 347 g/mol. The van der Waals surface area contributed by atoms with Crippen molar-refractivity contribution < 1.29 is 19.1 Å². The second-order valence-corrected chi connectivity index (χ2v) is 7.45. The van der Waals surface area contributed by atoms with E-state index in [4.69, 9.17) is 16.0 Å². The molecule has 136 valence electrons. The molecule has 0 radical (unpaired) electrons. The Kier molecular flexibility index (Phi) is 6.40. The number of rotatable bonds is 3. The van der Waals surface area contributed by atoms with Crippen LogP contribution in [0.3, 0.4) is 0 Å². The van der Waals surface area contributed by atoms with E-state index >= 15 is 0 Å². The SMILES string of the molecule is [C-]#[N+]Cc1ccc(NC(=O)OC(C)(C)C)c(NC(=O)OC(C)(C)C)c1. The van der Waals surface area contributed by atoms with Gasteiger partial charge in [-0.15, -0.1) is 0 Å². The first-order valence-corrected chi connectivity index (χ1v) is 7.86. The fraction of sp³-hybridized carbons (Fsp3) is 0.500. The van der Waals surface area contributed by atoms with Crippen molar-refractivity contribution in [1.82, 2.24) is 0 Å². The lowest BCUT2D eigenvalue weighted by atomic mass is 10.1. The quantitative estimate of drug-likeness (QED) is 0.770. The second-order valence-electron chi connectivity index (χ2n) is 7.45. The summed E-state index contributed by atoms with van der Waals surface area (Å²) < 4.78 is 10.4. The molecule has 0 spiro atoms. The number of nitrogens with one attached hydrogen (secondary N) is 2. The molecule has 0 bridgehead atoms. The van der Waals surface area contributed by atoms with Gasteiger partial charge in [0.25, 0.3) is 0 Å². The van der Waals surface area contributed by atoms with Crippen LogP contribution >= 0.6 is 0 Å². The van der Waals surface area contributed by atoms with Crippen molar-refractivity contribution in [2.75, 3.05) is 10.6 Å². The van der Waals surface area contributed by atoms with Crippen molar-refractivity contribution in [1.29, 1.82) is 0 Å². The number of amides is 2. The monoisotopic (exact) mass is 347 g/mol. The molecule has 0 unspecified atom stereocenters. The van der Waals surface area contributed by atoms with E-state index in [1.807, 2.05) is 0 Å². The lowest BCUT2D eigenvalue weighted by Gasteiger charge is -2.22. The van der Waals surface area contributed by atoms with Crippen molar-refractivity contribution in [3.8, 4) is 0 Å². The molecule has 0 aliphatic heterocycles. The third kappa shape index (κ3) is 8.06. The summed E-state index contributed by atoms with van der Waals surface area (Å²) in [5.74, 6) is 0. The highest BCUT2D eigenvalue weighted by atomic mass is 16.6. The minimum Gasteiger partial charge on any atom is -0.444 e. The molecular weight excluding hydrogens is 322 g/mol. The van der Waals surface area contributed by atoms with E-state index in [1.54, 1.807) is 59.7 Å². The number of carbonyl (C=O) groups excluding carboxylic acids is 2. The number of nitrogens with zero attached hydrogens (tertiary/aromatic N) is 1. The van der Waals surface area contributed by atoms with E-state index in [0.717, 1.165) is 0 Å². The molecule has 0 aliphatic rings. The number of anilines is 2. The standard InChI is InChI=1S/C18H25N3O4/c1-17(2,3)24-15(22)20-13-9-8-12(11-19-7)10-14(13)21-16(23)25-18(4,5)6/h8-10H,11H2,1-6H3,(H,20,22)(H,21,23). The van der Waals surface area contributed by atoms with Crippen LogP contribution in [0.2, 0.25) is 0 Å². The molecule has 25 heavy (non-hydrogen) atoms. The maximum Gasteiger partial charge on any atom is 0.412 e. The fourth-order valence-electron chi connectivity index (χ4n) is 1.82. The molecule has 7 heteroatoms. The minimum absolute atomic E-state index is 0.162. The number of hydrogen-bond acceptors (Lipinski definition) is 4. The minimum atomic E-state index is -0.656. The molecule has 1 aromatic rings. The van der Waals surface area contributed by atoms with Gasteiger partial charge >= 0.3 is 12.2 Å². The summed E-state index contributed by atoms with van der Waals surface area (Å²) in [4.78, 5) is 27.3. The Morgan fingerprint density at radius 1 is 0.960 bits per heavy atom. The normalized spacial score (nSPS) is 11.2. The van der Waals surface area contributed by atoms with E-state index in [0.29, 0.717) is 16.9 Å². The van der Waals surface area contributed by atoms with Gasteiger partial charge < -0.3 is 14.3 Å². The molecule has 1 rings (SSSR count). The number of benzene rings is 1. The van der Waals surface area contributed by atoms with Gasteiger partial charge in [0.2, 0.25) is 6.54 Å². The summed E-state index contributed by atoms with van der Waals surface area (Å²) in [5, 5.41) is 5.20. The molecular formula is C18H25N3O4. The molecule has 2 N–H and O–H groups in total. The Morgan fingerprint density at radius 3 is 1.88 bits per heavy atom. The first-order valence-electron chi connectivity index (χ1n) is 7.86. The van der Waals surface area contributed by atoms with Gasteiger partial charge in [0, 0.05) is 5.56 Å². The first-order chi connectivity index (χ1) is 11.4. The number of ether oxygens (including phenoxy) is 2. The summed E-state index contributed by atoms with van der Waals surface area (Å²) in [6.07, 6.45) is -1.29. The zero-order chi connectivity index (χ0) is 19.3. The van der Waals surface area contributed by atoms with Crippen LogP contribution in [-0.4, -0.2) is 23.4 Å². The lowest BCUT2D eigenvalue weighted by Crippen LogP contribution is -2.29. The predicted molar refractivity (Wildman–Crippen MR) is 96.5 cm³/mol. The van der Waals surface area contributed by atoms with Crippen LogP contribution in [0.25, 0.3) is 4.85 Å². The van der Waals surface area contributed by atoms with Crippen LogP contribution in [0.1, 0.15) is 47.1 Å². The molecule has 0 saturated carbocycles. The highest BCUT2D eigenvalue weighted by Crippen LogP contribution is 2.25. The molecule has 7 nitrogen and oxygen atoms in total. The second kappa shape index (κ2) is 7.88. The third-order valence-corrected chi connectivity index (χ3v) is 2.62. The first kappa shape index (κ1) is 20.3. The highest BCUT2D eigenvalue weighted by Gasteiger charge is 2.20. The molecule has 2 amide bonds. The summed E-state index contributed by atoms with van der Waals surface area (Å²) in [6, 6.07) is 4.93. The van der Waals surface area contributed by atoms with Gasteiger partial charge in [-0.05, 0) is 59.7 Å². The topological polar surface area (TPSA) is 81.0 Å². The Balaban J connectivity index is 3.01. The van der Waals surface area contributed by atoms with E-state index < -0.39 is 23.4 Å². The molecule has 0 fully saturated rings. The summed E-state index contributed by atoms with van der Waals surface area (Å²) in [7, 11) is 0. The van der Waals surface area contributed by atoms with Gasteiger partial charge in [-0.1, -0.05) is 0 Å². The van der Waals surface area contributed by atoms with Crippen molar-refractivity contribution in [2.24, 2.45) is 0 Å². The molecule has 0 saturated heterocycles. The van der Waals surface area contributed by atoms with Gasteiger partial charge in [-0.25, -0.2) is 16.2 Å². The largest absolute Gasteiger partial charge is 0.444 e. The van der Waals surface area contributed by atoms with Crippen molar-refractivity contribution >= 4 is 23.6 Å². The Labute approximate surface area is 148 Å². The Hall–Kier alpha value is -2.75. The van der Waals surface area contributed by atoms with E-state index in [1.165, 1.54) is 0 Å². The zero-order valence-electron chi connectivity index (χ0n) is 15.5. The smallest absolute Gasteiger partial charge is 0.412 e. The van der Waals surface area contributed by atoms with Crippen LogP contribution in [0.15, 0.2) is 18.2 Å². The van der Waals surface area contributed by atoms with Gasteiger partial charge in [0.05, 0.1) is 11.4 Å². The number of hydrogen-bond donors (Lipinski definition) is 2. The molecule has 0 atom stereocenters. The molecule has 0 aromatic heterocycles. The maximum absolute atomic E-state index is 12.0. The van der Waals surface area contributed by atoms with Gasteiger partial charge in [0.15, 0.2) is 0 Å². The van der Waals surface area contributed by atoms with Gasteiger partial charge in [-0.3, -0.25) is 10.6 Å². The van der Waals surface area contributed by atoms with Crippen LogP contribution in [-0.2, 0) is 16.0 Å². The van der Waals surface area contributed by atoms with Crippen LogP contribution in [0.5, 0.6) is 0 Å². The zero-order valence-corrected chi connectivity index (χ0v) is 15.5. The lowest BCUT2D eigenvalue weighted by molar-refractivity contribution is 0.0621. The van der Waals surface area contributed by atoms with E-state index in [-0.39, 0.29) is 6.54 Å². The summed E-state index contributed by atoms with van der Waals surface area (Å²) in [6.45, 7) is 17.6. The predicted octanol–water partition coefficient (Wildman–Crippen LogP) is 4.80. The third-order valence-electron chi connectivity index (χ3n) is 2.62. The molecule has 0 aliphatic carbocycles. The van der Waals surface area contributed by atoms with Crippen LogP contribution in [0.4, 0.5) is 21.0 Å². The maximum atomic E-state index is 12.0. The van der Waals surface area contributed by atoms with Gasteiger partial charge in [-0.2, -0.15) is 0 Å². The van der Waals surface area contributed by atoms with Gasteiger partial charge in [0.1, 0.15) is 11.2 Å². The van der Waals surface area contributed by atoms with Crippen LogP contribution in [0, 0.1) is 6.57 Å². The van der Waals surface area contributed by atoms with E-state index in [2.05, 4.69) is 15.5 Å². The van der Waals surface area contributed by atoms with Crippen molar-refractivity contribution in [3.63, 3.8) is 0 Å². The molecule has 0 heterocycles. The molecule has 1 aromatic carbocycles. The summed E-state index contributed by atoms with van der Waals surface area (Å²) >= 11 is 0. The van der Waals surface area contributed by atoms with Crippen molar-refractivity contribution in [2.45, 2.75) is 59.3 Å². The number of carbonyl (C=O) groups is 2. The van der Waals surface area contributed by atoms with Crippen molar-refractivity contribution in [3.05, 3.63) is 35.2 Å². The van der Waals surface area contributed by atoms with E-state index in [9.17, 15) is 9.59 Å². The highest BCUT2D eigenvalue weighted by molar-refractivity contribution is 5.95.